The Labute approximate surface area is 136 Å². The van der Waals surface area contributed by atoms with Gasteiger partial charge in [0.1, 0.15) is 6.21 Å². The second-order valence-corrected chi connectivity index (χ2v) is 5.25. The van der Waals surface area contributed by atoms with Crippen molar-refractivity contribution >= 4 is 24.2 Å². The molecule has 1 heterocycles. The fourth-order valence-electron chi connectivity index (χ4n) is 2.35. The lowest BCUT2D eigenvalue weighted by Gasteiger charge is -2.34. The largest absolute Gasteiger partial charge is 0.411 e. The van der Waals surface area contributed by atoms with E-state index in [1.807, 2.05) is 0 Å². The van der Waals surface area contributed by atoms with Crippen LogP contribution in [0.4, 0.5) is 0 Å². The highest BCUT2D eigenvalue weighted by Gasteiger charge is 2.16. The third-order valence-corrected chi connectivity index (χ3v) is 3.56. The summed E-state index contributed by atoms with van der Waals surface area (Å²) in [6.45, 7) is 6.82. The zero-order valence-corrected chi connectivity index (χ0v) is 13.6. The number of aliphatic imine (C=N–C) groups is 1. The molecule has 0 bridgehead atoms. The van der Waals surface area contributed by atoms with Crippen LogP contribution in [-0.2, 0) is 9.59 Å². The number of nitrogens with one attached hydrogen (secondary N) is 2. The quantitative estimate of drug-likeness (QED) is 0.204. The van der Waals surface area contributed by atoms with Gasteiger partial charge in [-0.3, -0.25) is 19.5 Å². The van der Waals surface area contributed by atoms with Crippen molar-refractivity contribution in [3.8, 4) is 0 Å². The van der Waals surface area contributed by atoms with E-state index >= 15 is 0 Å². The van der Waals surface area contributed by atoms with Crippen molar-refractivity contribution < 1.29 is 14.8 Å². The Kier molecular flexibility index (Phi) is 9.57. The predicted octanol–water partition coefficient (Wildman–Crippen LogP) is -1.61. The number of hydrogen-bond acceptors (Lipinski definition) is 7. The van der Waals surface area contributed by atoms with E-state index in [-0.39, 0.29) is 11.8 Å². The summed E-state index contributed by atoms with van der Waals surface area (Å²) in [5.74, 6) is -0.535. The van der Waals surface area contributed by atoms with Gasteiger partial charge in [-0.05, 0) is 13.0 Å². The molecule has 1 fully saturated rings. The van der Waals surface area contributed by atoms with E-state index in [4.69, 9.17) is 5.21 Å². The Bertz CT molecular complexity index is 419. The van der Waals surface area contributed by atoms with Crippen molar-refractivity contribution in [3.05, 3.63) is 0 Å². The number of oxime groups is 1. The van der Waals surface area contributed by atoms with Gasteiger partial charge in [0.15, 0.2) is 0 Å². The molecule has 130 valence electrons. The number of nitrogens with zero attached hydrogens (tertiary/aromatic N) is 4. The molecule has 1 saturated heterocycles. The van der Waals surface area contributed by atoms with Gasteiger partial charge in [0.25, 0.3) is 11.8 Å². The lowest BCUT2D eigenvalue weighted by Crippen LogP contribution is -2.48. The van der Waals surface area contributed by atoms with E-state index in [1.165, 1.54) is 6.21 Å². The molecule has 0 spiro atoms. The van der Waals surface area contributed by atoms with Crippen molar-refractivity contribution in [3.63, 3.8) is 0 Å². The Balaban J connectivity index is 2.04. The van der Waals surface area contributed by atoms with Gasteiger partial charge in [-0.15, -0.1) is 0 Å². The van der Waals surface area contributed by atoms with E-state index < -0.39 is 0 Å². The smallest absolute Gasteiger partial charge is 0.265 e. The molecule has 0 aromatic rings. The SMILES string of the molecule is CN=CC(=O)NCCCN1CCN(CCNC(=O)/C=N/O)CC1. The van der Waals surface area contributed by atoms with Gasteiger partial charge in [-0.1, -0.05) is 5.16 Å². The van der Waals surface area contributed by atoms with E-state index in [0.717, 1.165) is 51.9 Å². The molecule has 9 heteroatoms. The van der Waals surface area contributed by atoms with Crippen LogP contribution in [0.3, 0.4) is 0 Å². The monoisotopic (exact) mass is 326 g/mol. The molecule has 1 rings (SSSR count). The van der Waals surface area contributed by atoms with E-state index in [0.29, 0.717) is 13.1 Å². The first-order chi connectivity index (χ1) is 11.2. The fraction of sp³-hybridized carbons (Fsp3) is 0.714. The molecule has 0 saturated carbocycles. The van der Waals surface area contributed by atoms with Crippen LogP contribution in [0.5, 0.6) is 0 Å². The van der Waals surface area contributed by atoms with E-state index in [1.54, 1.807) is 7.05 Å². The number of amides is 2. The molecule has 0 unspecified atom stereocenters. The molecule has 0 aromatic heterocycles. The fourth-order valence-corrected chi connectivity index (χ4v) is 2.35. The normalized spacial score (nSPS) is 16.9. The average Bonchev–Trinajstić information content (AvgIpc) is 2.53. The van der Waals surface area contributed by atoms with Crippen molar-refractivity contribution in [1.82, 2.24) is 20.4 Å². The van der Waals surface area contributed by atoms with Gasteiger partial charge >= 0.3 is 0 Å². The average molecular weight is 326 g/mol. The molecule has 0 radical (unpaired) electrons. The molecule has 3 N–H and O–H groups in total. The van der Waals surface area contributed by atoms with Crippen LogP contribution < -0.4 is 10.6 Å². The maximum atomic E-state index is 11.2. The van der Waals surface area contributed by atoms with Gasteiger partial charge in [0.05, 0.1) is 6.21 Å². The summed E-state index contributed by atoms with van der Waals surface area (Å²) < 4.78 is 0. The van der Waals surface area contributed by atoms with Gasteiger partial charge in [-0.25, -0.2) is 0 Å². The molecule has 23 heavy (non-hydrogen) atoms. The molecule has 2 amide bonds. The Morgan fingerprint density at radius 1 is 1.00 bits per heavy atom. The van der Waals surface area contributed by atoms with Gasteiger partial charge in [-0.2, -0.15) is 0 Å². The number of carbonyl (C=O) groups excluding carboxylic acids is 2. The third kappa shape index (κ3) is 8.89. The van der Waals surface area contributed by atoms with Crippen molar-refractivity contribution in [2.45, 2.75) is 6.42 Å². The van der Waals surface area contributed by atoms with Crippen molar-refractivity contribution in [1.29, 1.82) is 0 Å². The summed E-state index contributed by atoms with van der Waals surface area (Å²) in [5.41, 5.74) is 0. The van der Waals surface area contributed by atoms with Crippen LogP contribution in [0.15, 0.2) is 10.1 Å². The molecular weight excluding hydrogens is 300 g/mol. The first kappa shape index (κ1) is 19.0. The number of hydrogen-bond donors (Lipinski definition) is 3. The minimum atomic E-state index is -0.388. The van der Waals surface area contributed by atoms with Crippen LogP contribution in [0.25, 0.3) is 0 Å². The van der Waals surface area contributed by atoms with Crippen LogP contribution in [0.2, 0.25) is 0 Å². The van der Waals surface area contributed by atoms with Crippen LogP contribution in [0, 0.1) is 0 Å². The Morgan fingerprint density at radius 2 is 1.57 bits per heavy atom. The van der Waals surface area contributed by atoms with Crippen LogP contribution in [-0.4, -0.2) is 98.7 Å². The lowest BCUT2D eigenvalue weighted by atomic mass is 10.3. The van der Waals surface area contributed by atoms with Crippen LogP contribution >= 0.6 is 0 Å². The number of carbonyl (C=O) groups is 2. The Hall–Kier alpha value is -2.00. The van der Waals surface area contributed by atoms with E-state index in [2.05, 4.69) is 30.6 Å². The summed E-state index contributed by atoms with van der Waals surface area (Å²) in [4.78, 5) is 30.6. The maximum absolute atomic E-state index is 11.2. The number of rotatable bonds is 9. The zero-order chi connectivity index (χ0) is 16.9. The highest BCUT2D eigenvalue weighted by Crippen LogP contribution is 2.01. The molecule has 9 nitrogen and oxygen atoms in total. The minimum Gasteiger partial charge on any atom is -0.411 e. The summed E-state index contributed by atoms with van der Waals surface area (Å²) in [7, 11) is 1.57. The first-order valence-corrected chi connectivity index (χ1v) is 7.75. The molecular formula is C14H26N6O3. The summed E-state index contributed by atoms with van der Waals surface area (Å²) in [6.07, 6.45) is 3.05. The predicted molar refractivity (Wildman–Crippen MR) is 88.2 cm³/mol. The molecule has 0 aromatic carbocycles. The van der Waals surface area contributed by atoms with Crippen LogP contribution in [0.1, 0.15) is 6.42 Å². The third-order valence-electron chi connectivity index (χ3n) is 3.56. The molecule has 1 aliphatic rings. The van der Waals surface area contributed by atoms with Crippen molar-refractivity contribution in [2.24, 2.45) is 10.1 Å². The second-order valence-electron chi connectivity index (χ2n) is 5.25. The molecule has 0 aliphatic carbocycles. The minimum absolute atomic E-state index is 0.148. The van der Waals surface area contributed by atoms with E-state index in [9.17, 15) is 9.59 Å². The van der Waals surface area contributed by atoms with Gasteiger partial charge in [0, 0.05) is 52.9 Å². The summed E-state index contributed by atoms with van der Waals surface area (Å²) >= 11 is 0. The molecule has 1 aliphatic heterocycles. The zero-order valence-electron chi connectivity index (χ0n) is 13.6. The lowest BCUT2D eigenvalue weighted by molar-refractivity contribution is -0.115. The maximum Gasteiger partial charge on any atom is 0.265 e. The van der Waals surface area contributed by atoms with Gasteiger partial charge < -0.3 is 20.7 Å². The number of piperazine rings is 1. The second kappa shape index (κ2) is 11.6. The standard InChI is InChI=1S/C14H26N6O3/c1-15-11-13(21)16-3-2-5-19-7-9-20(10-8-19)6-4-17-14(22)12-18-23/h11-12,23H,2-10H2,1H3,(H,16,21)(H,17,22)/b15-11?,18-12+. The summed E-state index contributed by atoms with van der Waals surface area (Å²) in [5, 5.41) is 16.3. The highest BCUT2D eigenvalue weighted by atomic mass is 16.4. The Morgan fingerprint density at radius 3 is 2.17 bits per heavy atom. The first-order valence-electron chi connectivity index (χ1n) is 7.75. The molecule has 0 atom stereocenters. The topological polar surface area (TPSA) is 110 Å². The summed E-state index contributed by atoms with van der Waals surface area (Å²) in [6, 6.07) is 0. The highest BCUT2D eigenvalue weighted by molar-refractivity contribution is 6.26. The van der Waals surface area contributed by atoms with Gasteiger partial charge in [0.2, 0.25) is 0 Å². The van der Waals surface area contributed by atoms with Crippen molar-refractivity contribution in [2.75, 3.05) is 59.4 Å².